The summed E-state index contributed by atoms with van der Waals surface area (Å²) in [6.45, 7) is 5.42. The molecule has 0 atom stereocenters. The van der Waals surface area contributed by atoms with Crippen molar-refractivity contribution in [3.8, 4) is 16.9 Å². The van der Waals surface area contributed by atoms with Gasteiger partial charge in [-0.2, -0.15) is 0 Å². The van der Waals surface area contributed by atoms with Crippen molar-refractivity contribution in [3.63, 3.8) is 0 Å². The van der Waals surface area contributed by atoms with Gasteiger partial charge in [0, 0.05) is 15.5 Å². The largest absolute Gasteiger partial charge is 0.483 e. The van der Waals surface area contributed by atoms with Crippen LogP contribution in [-0.4, -0.2) is 25.6 Å². The number of esters is 1. The third-order valence-electron chi connectivity index (χ3n) is 4.72. The molecule has 0 saturated carbocycles. The van der Waals surface area contributed by atoms with Crippen molar-refractivity contribution < 1.29 is 19.1 Å². The molecule has 0 unspecified atom stereocenters. The highest BCUT2D eigenvalue weighted by Gasteiger charge is 2.25. The molecule has 0 saturated heterocycles. The van der Waals surface area contributed by atoms with Crippen LogP contribution in [0.3, 0.4) is 0 Å². The molecule has 0 radical (unpaired) electrons. The molecule has 8 heteroatoms. The number of ether oxygens (including phenoxy) is 2. The number of halogens is 2. The summed E-state index contributed by atoms with van der Waals surface area (Å²) in [5.41, 5.74) is 3.66. The lowest BCUT2D eigenvalue weighted by molar-refractivity contribution is -0.118. The Morgan fingerprint density at radius 3 is 2.48 bits per heavy atom. The molecule has 1 heterocycles. The van der Waals surface area contributed by atoms with Crippen LogP contribution in [0.2, 0.25) is 5.02 Å². The minimum atomic E-state index is -0.508. The van der Waals surface area contributed by atoms with Crippen molar-refractivity contribution in [1.29, 1.82) is 0 Å². The van der Waals surface area contributed by atoms with Crippen LogP contribution < -0.4 is 10.1 Å². The van der Waals surface area contributed by atoms with Gasteiger partial charge in [-0.25, -0.2) is 4.79 Å². The molecule has 1 amide bonds. The Kier molecular flexibility index (Phi) is 7.41. The number of thiophene rings is 1. The lowest BCUT2D eigenvalue weighted by Crippen LogP contribution is -2.21. The van der Waals surface area contributed by atoms with Crippen molar-refractivity contribution in [2.24, 2.45) is 0 Å². The summed E-state index contributed by atoms with van der Waals surface area (Å²) in [7, 11) is 1.32. The maximum atomic E-state index is 12.6. The minimum absolute atomic E-state index is 0.225. The van der Waals surface area contributed by atoms with Crippen LogP contribution in [0.5, 0.6) is 5.75 Å². The van der Waals surface area contributed by atoms with E-state index in [1.807, 2.05) is 51.1 Å². The van der Waals surface area contributed by atoms with Crippen LogP contribution in [0.25, 0.3) is 11.1 Å². The average molecular weight is 523 g/mol. The molecule has 0 aliphatic rings. The number of methoxy groups -OCH3 is 1. The smallest absolute Gasteiger partial charge is 0.341 e. The summed E-state index contributed by atoms with van der Waals surface area (Å²) < 4.78 is 11.4. The molecule has 0 bridgehead atoms. The van der Waals surface area contributed by atoms with Gasteiger partial charge in [-0.3, -0.25) is 4.79 Å². The van der Waals surface area contributed by atoms with Crippen LogP contribution >= 0.6 is 38.9 Å². The van der Waals surface area contributed by atoms with Gasteiger partial charge in [0.25, 0.3) is 5.91 Å². The zero-order chi connectivity index (χ0) is 22.7. The number of hydrogen-bond donors (Lipinski definition) is 1. The van der Waals surface area contributed by atoms with E-state index >= 15 is 0 Å². The van der Waals surface area contributed by atoms with Gasteiger partial charge in [0.15, 0.2) is 6.61 Å². The molecular weight excluding hydrogens is 502 g/mol. The molecule has 0 aliphatic heterocycles. The molecule has 0 fully saturated rings. The number of amides is 1. The Hall–Kier alpha value is -2.35. The first-order valence-corrected chi connectivity index (χ1v) is 11.4. The van der Waals surface area contributed by atoms with E-state index in [2.05, 4.69) is 21.2 Å². The maximum Gasteiger partial charge on any atom is 0.341 e. The topological polar surface area (TPSA) is 64.6 Å². The molecule has 5 nitrogen and oxygen atoms in total. The first-order valence-electron chi connectivity index (χ1n) is 9.39. The summed E-state index contributed by atoms with van der Waals surface area (Å²) in [5.74, 6) is -0.371. The second-order valence-electron chi connectivity index (χ2n) is 6.88. The second kappa shape index (κ2) is 9.85. The van der Waals surface area contributed by atoms with Crippen molar-refractivity contribution in [2.45, 2.75) is 20.8 Å². The lowest BCUT2D eigenvalue weighted by atomic mass is 10.0. The van der Waals surface area contributed by atoms with Gasteiger partial charge in [-0.1, -0.05) is 41.9 Å². The molecular formula is C23H21BrClNO4S. The SMILES string of the molecule is COC(=O)c1c(NC(=O)COc2cc(C)c(Cl)c(C)c2Br)sc(C)c1-c1ccccc1. The summed E-state index contributed by atoms with van der Waals surface area (Å²) >= 11 is 11.0. The Bertz CT molecular complexity index is 1140. The zero-order valence-electron chi connectivity index (χ0n) is 17.5. The predicted molar refractivity (Wildman–Crippen MR) is 129 cm³/mol. The Morgan fingerprint density at radius 2 is 1.84 bits per heavy atom. The van der Waals surface area contributed by atoms with E-state index in [0.717, 1.165) is 27.1 Å². The van der Waals surface area contributed by atoms with Gasteiger partial charge in [0.1, 0.15) is 16.3 Å². The third kappa shape index (κ3) is 4.95. The average Bonchev–Trinajstić information content (AvgIpc) is 3.09. The van der Waals surface area contributed by atoms with Gasteiger partial charge >= 0.3 is 5.97 Å². The third-order valence-corrected chi connectivity index (χ3v) is 7.30. The Labute approximate surface area is 198 Å². The van der Waals surface area contributed by atoms with E-state index in [0.29, 0.717) is 25.8 Å². The predicted octanol–water partition coefficient (Wildman–Crippen LogP) is 6.56. The highest BCUT2D eigenvalue weighted by Crippen LogP contribution is 2.40. The van der Waals surface area contributed by atoms with Crippen LogP contribution in [0.1, 0.15) is 26.4 Å². The molecule has 1 aromatic heterocycles. The summed E-state index contributed by atoms with van der Waals surface area (Å²) in [6.07, 6.45) is 0. The molecule has 0 aliphatic carbocycles. The second-order valence-corrected chi connectivity index (χ2v) is 9.27. The van der Waals surface area contributed by atoms with Crippen LogP contribution in [0, 0.1) is 20.8 Å². The number of benzene rings is 2. The van der Waals surface area contributed by atoms with Crippen molar-refractivity contribution in [1.82, 2.24) is 0 Å². The Balaban J connectivity index is 1.85. The van der Waals surface area contributed by atoms with Crippen LogP contribution in [0.15, 0.2) is 40.9 Å². The zero-order valence-corrected chi connectivity index (χ0v) is 20.6. The van der Waals surface area contributed by atoms with E-state index in [1.165, 1.54) is 18.4 Å². The summed E-state index contributed by atoms with van der Waals surface area (Å²) in [5, 5.41) is 3.88. The molecule has 31 heavy (non-hydrogen) atoms. The minimum Gasteiger partial charge on any atom is -0.483 e. The number of hydrogen-bond acceptors (Lipinski definition) is 5. The number of carbonyl (C=O) groups is 2. The molecule has 2 aromatic carbocycles. The van der Waals surface area contributed by atoms with Crippen LogP contribution in [0.4, 0.5) is 5.00 Å². The van der Waals surface area contributed by atoms with E-state index < -0.39 is 5.97 Å². The van der Waals surface area contributed by atoms with Gasteiger partial charge in [0.2, 0.25) is 0 Å². The quantitative estimate of drug-likeness (QED) is 0.372. The van der Waals surface area contributed by atoms with E-state index in [1.54, 1.807) is 6.07 Å². The highest BCUT2D eigenvalue weighted by molar-refractivity contribution is 9.10. The van der Waals surface area contributed by atoms with Gasteiger partial charge in [-0.05, 0) is 59.5 Å². The first-order chi connectivity index (χ1) is 14.7. The van der Waals surface area contributed by atoms with Crippen molar-refractivity contribution >= 4 is 55.7 Å². The first kappa shape index (κ1) is 23.3. The monoisotopic (exact) mass is 521 g/mol. The normalized spacial score (nSPS) is 10.6. The van der Waals surface area contributed by atoms with Gasteiger partial charge in [0.05, 0.1) is 11.6 Å². The van der Waals surface area contributed by atoms with Crippen LogP contribution in [-0.2, 0) is 9.53 Å². The van der Waals surface area contributed by atoms with E-state index in [-0.39, 0.29) is 12.5 Å². The lowest BCUT2D eigenvalue weighted by Gasteiger charge is -2.13. The van der Waals surface area contributed by atoms with Crippen molar-refractivity contribution in [2.75, 3.05) is 19.0 Å². The number of nitrogens with one attached hydrogen (secondary N) is 1. The van der Waals surface area contributed by atoms with Gasteiger partial charge < -0.3 is 14.8 Å². The number of rotatable bonds is 6. The number of carbonyl (C=O) groups excluding carboxylic acids is 2. The molecule has 3 aromatic rings. The molecule has 1 N–H and O–H groups in total. The highest BCUT2D eigenvalue weighted by atomic mass is 79.9. The molecule has 0 spiro atoms. The fraction of sp³-hybridized carbons (Fsp3) is 0.217. The fourth-order valence-corrected chi connectivity index (χ4v) is 4.96. The van der Waals surface area contributed by atoms with Crippen molar-refractivity contribution in [3.05, 3.63) is 67.5 Å². The number of anilines is 1. The standard InChI is InChI=1S/C23H21BrClNO4S/c1-12-10-16(20(24)13(2)21(12)25)30-11-17(27)26-22-19(23(28)29-4)18(14(3)31-22)15-8-6-5-7-9-15/h5-10H,11H2,1-4H3,(H,26,27). The summed E-state index contributed by atoms with van der Waals surface area (Å²) in [4.78, 5) is 26.1. The van der Waals surface area contributed by atoms with E-state index in [4.69, 9.17) is 21.1 Å². The fourth-order valence-electron chi connectivity index (χ4n) is 3.19. The number of aryl methyl sites for hydroxylation is 2. The van der Waals surface area contributed by atoms with E-state index in [9.17, 15) is 9.59 Å². The molecule has 162 valence electrons. The van der Waals surface area contributed by atoms with Gasteiger partial charge in [-0.15, -0.1) is 11.3 Å². The maximum absolute atomic E-state index is 12.6. The Morgan fingerprint density at radius 1 is 1.16 bits per heavy atom. The summed E-state index contributed by atoms with van der Waals surface area (Å²) in [6, 6.07) is 11.3. The molecule has 3 rings (SSSR count).